The van der Waals surface area contributed by atoms with Gasteiger partial charge in [0.25, 0.3) is 0 Å². The van der Waals surface area contributed by atoms with Crippen LogP contribution >= 0.6 is 31.9 Å². The van der Waals surface area contributed by atoms with E-state index in [1.54, 1.807) is 0 Å². The highest BCUT2D eigenvalue weighted by Gasteiger charge is 2.50. The third kappa shape index (κ3) is 3.43. The lowest BCUT2D eigenvalue weighted by Crippen LogP contribution is -2.25. The molecule has 3 aromatic carbocycles. The number of benzene rings is 3. The standard InChI is InChI=1S/C26H25Br2NO/c1-25(2)24-17-22(13-14-23(24)26(30-25)15-3-4-16-26)29(20-9-5-18(27)6-10-20)21-11-7-19(28)8-12-21/h5-14,17H,3-4,15-16H2,1-2H3. The summed E-state index contributed by atoms with van der Waals surface area (Å²) in [4.78, 5) is 2.31. The van der Waals surface area contributed by atoms with Crippen molar-refractivity contribution in [2.75, 3.05) is 4.90 Å². The minimum atomic E-state index is -0.277. The van der Waals surface area contributed by atoms with Crippen LogP contribution in [0.3, 0.4) is 0 Å². The van der Waals surface area contributed by atoms with Gasteiger partial charge in [0.15, 0.2) is 0 Å². The van der Waals surface area contributed by atoms with E-state index in [1.165, 1.54) is 24.0 Å². The van der Waals surface area contributed by atoms with Gasteiger partial charge in [0.1, 0.15) is 0 Å². The molecule has 1 aliphatic carbocycles. The molecular weight excluding hydrogens is 502 g/mol. The van der Waals surface area contributed by atoms with Crippen LogP contribution in [0, 0.1) is 0 Å². The lowest BCUT2D eigenvalue weighted by atomic mass is 9.87. The molecule has 0 atom stereocenters. The van der Waals surface area contributed by atoms with E-state index < -0.39 is 0 Å². The minimum absolute atomic E-state index is 0.0859. The van der Waals surface area contributed by atoms with Gasteiger partial charge in [0.05, 0.1) is 11.2 Å². The maximum absolute atomic E-state index is 6.71. The normalized spacial score (nSPS) is 18.5. The van der Waals surface area contributed by atoms with Crippen molar-refractivity contribution in [2.45, 2.75) is 50.7 Å². The predicted octanol–water partition coefficient (Wildman–Crippen LogP) is 8.72. The third-order valence-electron chi connectivity index (χ3n) is 6.43. The van der Waals surface area contributed by atoms with Crippen LogP contribution < -0.4 is 4.90 Å². The van der Waals surface area contributed by atoms with Gasteiger partial charge in [-0.15, -0.1) is 0 Å². The highest BCUT2D eigenvalue weighted by molar-refractivity contribution is 9.10. The minimum Gasteiger partial charge on any atom is -0.360 e. The number of rotatable bonds is 3. The summed E-state index contributed by atoms with van der Waals surface area (Å²) in [5, 5.41) is 0. The summed E-state index contributed by atoms with van der Waals surface area (Å²) in [5.74, 6) is 0. The van der Waals surface area contributed by atoms with Crippen LogP contribution in [-0.4, -0.2) is 0 Å². The van der Waals surface area contributed by atoms with Gasteiger partial charge in [-0.25, -0.2) is 0 Å². The van der Waals surface area contributed by atoms with E-state index in [1.807, 2.05) is 0 Å². The van der Waals surface area contributed by atoms with E-state index in [4.69, 9.17) is 4.74 Å². The van der Waals surface area contributed by atoms with Crippen LogP contribution in [0.4, 0.5) is 17.1 Å². The van der Waals surface area contributed by atoms with Crippen molar-refractivity contribution in [3.05, 3.63) is 86.8 Å². The smallest absolute Gasteiger partial charge is 0.0946 e. The molecule has 3 aromatic rings. The van der Waals surface area contributed by atoms with Crippen LogP contribution in [0.1, 0.15) is 50.7 Å². The first-order chi connectivity index (χ1) is 14.4. The molecule has 1 aliphatic heterocycles. The zero-order chi connectivity index (χ0) is 20.9. The number of nitrogens with zero attached hydrogens (tertiary/aromatic N) is 1. The number of halogens is 2. The molecule has 5 rings (SSSR count). The van der Waals surface area contributed by atoms with E-state index in [2.05, 4.69) is 117 Å². The fraction of sp³-hybridized carbons (Fsp3) is 0.308. The van der Waals surface area contributed by atoms with Gasteiger partial charge in [-0.05, 0) is 98.5 Å². The lowest BCUT2D eigenvalue weighted by Gasteiger charge is -2.28. The molecule has 0 saturated heterocycles. The SMILES string of the molecule is CC1(C)OC2(CCCC2)c2ccc(N(c3ccc(Br)cc3)c3ccc(Br)cc3)cc21. The summed E-state index contributed by atoms with van der Waals surface area (Å²) in [6.07, 6.45) is 4.76. The molecule has 0 amide bonds. The second kappa shape index (κ2) is 7.51. The molecule has 1 heterocycles. The molecule has 2 nitrogen and oxygen atoms in total. The van der Waals surface area contributed by atoms with Gasteiger partial charge >= 0.3 is 0 Å². The Morgan fingerprint density at radius 1 is 0.700 bits per heavy atom. The second-order valence-corrected chi connectivity index (χ2v) is 10.7. The Kier molecular flexibility index (Phi) is 5.08. The Morgan fingerprint density at radius 3 is 1.73 bits per heavy atom. The monoisotopic (exact) mass is 525 g/mol. The van der Waals surface area contributed by atoms with Crippen molar-refractivity contribution in [1.29, 1.82) is 0 Å². The fourth-order valence-electron chi connectivity index (χ4n) is 5.11. The first-order valence-corrected chi connectivity index (χ1v) is 12.1. The van der Waals surface area contributed by atoms with E-state index >= 15 is 0 Å². The van der Waals surface area contributed by atoms with Crippen molar-refractivity contribution in [3.8, 4) is 0 Å². The van der Waals surface area contributed by atoms with Crippen molar-refractivity contribution < 1.29 is 4.74 Å². The highest BCUT2D eigenvalue weighted by atomic mass is 79.9. The first-order valence-electron chi connectivity index (χ1n) is 10.5. The molecule has 1 saturated carbocycles. The molecule has 0 bridgehead atoms. The van der Waals surface area contributed by atoms with Crippen molar-refractivity contribution in [2.24, 2.45) is 0 Å². The van der Waals surface area contributed by atoms with Gasteiger partial charge in [-0.3, -0.25) is 0 Å². The Bertz CT molecular complexity index is 1020. The fourth-order valence-corrected chi connectivity index (χ4v) is 5.64. The van der Waals surface area contributed by atoms with Gasteiger partial charge in [0.2, 0.25) is 0 Å². The summed E-state index contributed by atoms with van der Waals surface area (Å²) in [7, 11) is 0. The number of hydrogen-bond acceptors (Lipinski definition) is 2. The zero-order valence-corrected chi connectivity index (χ0v) is 20.5. The van der Waals surface area contributed by atoms with Crippen LogP contribution in [0.15, 0.2) is 75.7 Å². The molecule has 2 aliphatic rings. The van der Waals surface area contributed by atoms with Gasteiger partial charge in [0, 0.05) is 26.0 Å². The van der Waals surface area contributed by atoms with Crippen molar-refractivity contribution in [3.63, 3.8) is 0 Å². The molecule has 4 heteroatoms. The maximum Gasteiger partial charge on any atom is 0.0946 e. The van der Waals surface area contributed by atoms with E-state index in [0.717, 1.165) is 38.8 Å². The molecule has 30 heavy (non-hydrogen) atoms. The topological polar surface area (TPSA) is 12.5 Å². The number of fused-ring (bicyclic) bond motifs is 2. The molecular formula is C26H25Br2NO. The lowest BCUT2D eigenvalue weighted by molar-refractivity contribution is -0.122. The van der Waals surface area contributed by atoms with Gasteiger partial charge in [-0.1, -0.05) is 50.8 Å². The van der Waals surface area contributed by atoms with E-state index in [9.17, 15) is 0 Å². The number of anilines is 3. The van der Waals surface area contributed by atoms with Crippen molar-refractivity contribution >= 4 is 48.9 Å². The summed E-state index contributed by atoms with van der Waals surface area (Å²) >= 11 is 7.13. The molecule has 0 aromatic heterocycles. The number of hydrogen-bond donors (Lipinski definition) is 0. The molecule has 1 fully saturated rings. The Hall–Kier alpha value is -1.62. The predicted molar refractivity (Wildman–Crippen MR) is 131 cm³/mol. The average Bonchev–Trinajstić information content (AvgIpc) is 3.27. The first kappa shape index (κ1) is 20.3. The summed E-state index contributed by atoms with van der Waals surface area (Å²) in [6, 6.07) is 23.9. The van der Waals surface area contributed by atoms with Crippen LogP contribution in [0.25, 0.3) is 0 Å². The van der Waals surface area contributed by atoms with Crippen molar-refractivity contribution in [1.82, 2.24) is 0 Å². The molecule has 1 spiro atoms. The van der Waals surface area contributed by atoms with Gasteiger partial charge in [-0.2, -0.15) is 0 Å². The third-order valence-corrected chi connectivity index (χ3v) is 7.49. The largest absolute Gasteiger partial charge is 0.360 e. The molecule has 0 N–H and O–H groups in total. The second-order valence-electron chi connectivity index (χ2n) is 8.83. The Morgan fingerprint density at radius 2 is 1.20 bits per heavy atom. The molecule has 0 unspecified atom stereocenters. The average molecular weight is 527 g/mol. The van der Waals surface area contributed by atoms with E-state index in [-0.39, 0.29) is 11.2 Å². The van der Waals surface area contributed by atoms with Gasteiger partial charge < -0.3 is 9.64 Å². The molecule has 154 valence electrons. The highest BCUT2D eigenvalue weighted by Crippen LogP contribution is 2.55. The summed E-state index contributed by atoms with van der Waals surface area (Å²) in [5.41, 5.74) is 5.77. The summed E-state index contributed by atoms with van der Waals surface area (Å²) in [6.45, 7) is 4.43. The maximum atomic E-state index is 6.71. The quantitative estimate of drug-likeness (QED) is 0.338. The van der Waals surface area contributed by atoms with E-state index in [0.29, 0.717) is 0 Å². The summed E-state index contributed by atoms with van der Waals surface area (Å²) < 4.78 is 8.87. The van der Waals surface area contributed by atoms with Crippen LogP contribution in [0.2, 0.25) is 0 Å². The molecule has 0 radical (unpaired) electrons. The number of ether oxygens (including phenoxy) is 1. The Balaban J connectivity index is 1.65. The van der Waals surface area contributed by atoms with Crippen LogP contribution in [-0.2, 0) is 15.9 Å². The van der Waals surface area contributed by atoms with Crippen LogP contribution in [0.5, 0.6) is 0 Å². The Labute approximate surface area is 195 Å². The zero-order valence-electron chi connectivity index (χ0n) is 17.3.